The zero-order valence-electron chi connectivity index (χ0n) is 13.0. The number of ether oxygens (including phenoxy) is 1. The Morgan fingerprint density at radius 3 is 1.89 bits per heavy atom. The van der Waals surface area contributed by atoms with E-state index >= 15 is 0 Å². The standard InChI is InChI=1S/C17H28OS/c1-6-17(7-2,13-19)12-18-15-10-8-14(9-11-15)16(3,4)5/h8-11,19H,6-7,12-13H2,1-5H3. The maximum atomic E-state index is 5.96. The Labute approximate surface area is 124 Å². The van der Waals surface area contributed by atoms with Gasteiger partial charge in [-0.15, -0.1) is 0 Å². The Kier molecular flexibility index (Phi) is 5.79. The molecular weight excluding hydrogens is 252 g/mol. The molecule has 2 heteroatoms. The molecule has 1 aromatic rings. The Morgan fingerprint density at radius 2 is 1.53 bits per heavy atom. The largest absolute Gasteiger partial charge is 0.493 e. The summed E-state index contributed by atoms with van der Waals surface area (Å²) in [7, 11) is 0. The highest BCUT2D eigenvalue weighted by molar-refractivity contribution is 7.80. The molecule has 108 valence electrons. The van der Waals surface area contributed by atoms with E-state index in [4.69, 9.17) is 4.74 Å². The summed E-state index contributed by atoms with van der Waals surface area (Å²) in [5.41, 5.74) is 1.73. The monoisotopic (exact) mass is 280 g/mol. The lowest BCUT2D eigenvalue weighted by molar-refractivity contribution is 0.157. The molecule has 0 aliphatic rings. The lowest BCUT2D eigenvalue weighted by Crippen LogP contribution is -2.29. The van der Waals surface area contributed by atoms with Gasteiger partial charge in [0.25, 0.3) is 0 Å². The third kappa shape index (κ3) is 4.45. The first kappa shape index (κ1) is 16.4. The molecule has 19 heavy (non-hydrogen) atoms. The van der Waals surface area contributed by atoms with Gasteiger partial charge in [0.15, 0.2) is 0 Å². The maximum Gasteiger partial charge on any atom is 0.119 e. The predicted octanol–water partition coefficient (Wildman–Crippen LogP) is 5.10. The van der Waals surface area contributed by atoms with Crippen LogP contribution in [0, 0.1) is 5.41 Å². The van der Waals surface area contributed by atoms with Gasteiger partial charge in [-0.2, -0.15) is 12.6 Å². The van der Waals surface area contributed by atoms with Crippen LogP contribution in [-0.2, 0) is 5.41 Å². The van der Waals surface area contributed by atoms with E-state index in [1.807, 2.05) is 0 Å². The number of rotatable bonds is 6. The van der Waals surface area contributed by atoms with Crippen molar-refractivity contribution >= 4 is 12.6 Å². The second-order valence-electron chi connectivity index (χ2n) is 6.43. The minimum absolute atomic E-state index is 0.195. The minimum atomic E-state index is 0.195. The molecular formula is C17H28OS. The molecule has 0 atom stereocenters. The fourth-order valence-corrected chi connectivity index (χ4v) is 2.55. The van der Waals surface area contributed by atoms with Crippen molar-refractivity contribution in [3.63, 3.8) is 0 Å². The van der Waals surface area contributed by atoms with Gasteiger partial charge >= 0.3 is 0 Å². The average Bonchev–Trinajstić information content (AvgIpc) is 2.40. The zero-order chi connectivity index (χ0) is 14.5. The molecule has 0 amide bonds. The van der Waals surface area contributed by atoms with Crippen molar-refractivity contribution in [1.82, 2.24) is 0 Å². The summed E-state index contributed by atoms with van der Waals surface area (Å²) < 4.78 is 5.96. The van der Waals surface area contributed by atoms with Crippen molar-refractivity contribution < 1.29 is 4.74 Å². The molecule has 0 saturated carbocycles. The van der Waals surface area contributed by atoms with Crippen LogP contribution >= 0.6 is 12.6 Å². The number of thiol groups is 1. The highest BCUT2D eigenvalue weighted by Crippen LogP contribution is 2.30. The molecule has 0 aliphatic heterocycles. The van der Waals surface area contributed by atoms with E-state index in [0.717, 1.165) is 31.0 Å². The lowest BCUT2D eigenvalue weighted by atomic mass is 9.85. The third-order valence-corrected chi connectivity index (χ3v) is 4.77. The SMILES string of the molecule is CCC(CC)(CS)COc1ccc(C(C)(C)C)cc1. The molecule has 0 bridgehead atoms. The van der Waals surface area contributed by atoms with Gasteiger partial charge < -0.3 is 4.74 Å². The van der Waals surface area contributed by atoms with Crippen LogP contribution in [0.4, 0.5) is 0 Å². The summed E-state index contributed by atoms with van der Waals surface area (Å²) in [6, 6.07) is 8.48. The van der Waals surface area contributed by atoms with Crippen molar-refractivity contribution in [2.24, 2.45) is 5.41 Å². The third-order valence-electron chi connectivity index (χ3n) is 4.10. The van der Waals surface area contributed by atoms with Gasteiger partial charge in [0.05, 0.1) is 6.61 Å². The fourth-order valence-electron chi connectivity index (χ4n) is 2.01. The van der Waals surface area contributed by atoms with E-state index in [0.29, 0.717) is 0 Å². The average molecular weight is 280 g/mol. The van der Waals surface area contributed by atoms with Crippen molar-refractivity contribution in [2.75, 3.05) is 12.4 Å². The molecule has 0 aliphatic carbocycles. The van der Waals surface area contributed by atoms with Crippen LogP contribution in [0.15, 0.2) is 24.3 Å². The summed E-state index contributed by atoms with van der Waals surface area (Å²) in [6.45, 7) is 11.9. The topological polar surface area (TPSA) is 9.23 Å². The molecule has 1 nitrogen and oxygen atoms in total. The molecule has 0 N–H and O–H groups in total. The molecule has 1 rings (SSSR count). The Bertz CT molecular complexity index is 363. The van der Waals surface area contributed by atoms with Crippen LogP contribution in [0.1, 0.15) is 53.0 Å². The molecule has 0 aromatic heterocycles. The summed E-state index contributed by atoms with van der Waals surface area (Å²) >= 11 is 4.48. The van der Waals surface area contributed by atoms with Crippen LogP contribution < -0.4 is 4.74 Å². The van der Waals surface area contributed by atoms with Crippen molar-refractivity contribution in [1.29, 1.82) is 0 Å². The van der Waals surface area contributed by atoms with Crippen LogP contribution in [0.5, 0.6) is 5.75 Å². The highest BCUT2D eigenvalue weighted by Gasteiger charge is 2.25. The summed E-state index contributed by atoms with van der Waals surface area (Å²) in [5.74, 6) is 1.83. The Hall–Kier alpha value is -0.630. The summed E-state index contributed by atoms with van der Waals surface area (Å²) in [5, 5.41) is 0. The van der Waals surface area contributed by atoms with Crippen LogP contribution in [0.3, 0.4) is 0 Å². The quantitative estimate of drug-likeness (QED) is 0.713. The first-order valence-electron chi connectivity index (χ1n) is 7.21. The van der Waals surface area contributed by atoms with E-state index in [1.54, 1.807) is 0 Å². The molecule has 0 saturated heterocycles. The smallest absolute Gasteiger partial charge is 0.119 e. The first-order valence-corrected chi connectivity index (χ1v) is 7.84. The zero-order valence-corrected chi connectivity index (χ0v) is 13.9. The van der Waals surface area contributed by atoms with E-state index in [2.05, 4.69) is 71.5 Å². The van der Waals surface area contributed by atoms with Gasteiger partial charge in [-0.05, 0) is 41.7 Å². The van der Waals surface area contributed by atoms with Crippen LogP contribution in [0.25, 0.3) is 0 Å². The second-order valence-corrected chi connectivity index (χ2v) is 6.74. The van der Waals surface area contributed by atoms with E-state index in [-0.39, 0.29) is 10.8 Å². The number of hydrogen-bond acceptors (Lipinski definition) is 2. The van der Waals surface area contributed by atoms with E-state index in [1.165, 1.54) is 5.56 Å². The van der Waals surface area contributed by atoms with Gasteiger partial charge in [-0.1, -0.05) is 46.8 Å². The van der Waals surface area contributed by atoms with Gasteiger partial charge in [0.1, 0.15) is 5.75 Å². The molecule has 1 aromatic carbocycles. The van der Waals surface area contributed by atoms with Gasteiger partial charge in [-0.25, -0.2) is 0 Å². The highest BCUT2D eigenvalue weighted by atomic mass is 32.1. The van der Waals surface area contributed by atoms with Crippen molar-refractivity contribution in [2.45, 2.75) is 52.9 Å². The fraction of sp³-hybridized carbons (Fsp3) is 0.647. The van der Waals surface area contributed by atoms with E-state index in [9.17, 15) is 0 Å². The second kappa shape index (κ2) is 6.69. The maximum absolute atomic E-state index is 5.96. The number of benzene rings is 1. The molecule has 0 radical (unpaired) electrons. The van der Waals surface area contributed by atoms with Crippen LogP contribution in [0.2, 0.25) is 0 Å². The Morgan fingerprint density at radius 1 is 1.00 bits per heavy atom. The summed E-state index contributed by atoms with van der Waals surface area (Å²) in [6.07, 6.45) is 2.21. The van der Waals surface area contributed by atoms with Crippen molar-refractivity contribution in [3.8, 4) is 5.75 Å². The lowest BCUT2D eigenvalue weighted by Gasteiger charge is -2.29. The number of hydrogen-bond donors (Lipinski definition) is 1. The van der Waals surface area contributed by atoms with Gasteiger partial charge in [0.2, 0.25) is 0 Å². The molecule has 0 spiro atoms. The predicted molar refractivity (Wildman–Crippen MR) is 87.5 cm³/mol. The molecule has 0 fully saturated rings. The Balaban J connectivity index is 2.69. The summed E-state index contributed by atoms with van der Waals surface area (Å²) in [4.78, 5) is 0. The van der Waals surface area contributed by atoms with Gasteiger partial charge in [-0.3, -0.25) is 0 Å². The van der Waals surface area contributed by atoms with Crippen molar-refractivity contribution in [3.05, 3.63) is 29.8 Å². The van der Waals surface area contributed by atoms with Crippen LogP contribution in [-0.4, -0.2) is 12.4 Å². The van der Waals surface area contributed by atoms with E-state index < -0.39 is 0 Å². The molecule has 0 heterocycles. The first-order chi connectivity index (χ1) is 8.87. The minimum Gasteiger partial charge on any atom is -0.493 e. The normalized spacial score (nSPS) is 12.5. The molecule has 0 unspecified atom stereocenters. The van der Waals surface area contributed by atoms with Gasteiger partial charge in [0, 0.05) is 5.41 Å².